The summed E-state index contributed by atoms with van der Waals surface area (Å²) in [6.45, 7) is 5.76. The maximum Gasteiger partial charge on any atom is 0.258 e. The van der Waals surface area contributed by atoms with Crippen molar-refractivity contribution in [2.45, 2.75) is 6.92 Å². The average Bonchev–Trinajstić information content (AvgIpc) is 2.59. The molecule has 0 saturated carbocycles. The molecule has 3 rings (SSSR count). The zero-order chi connectivity index (χ0) is 16.2. The predicted octanol–water partition coefficient (Wildman–Crippen LogP) is 2.71. The number of nitrogens with zero attached hydrogens (tertiary/aromatic N) is 2. The monoisotopic (exact) mass is 330 g/mol. The summed E-state index contributed by atoms with van der Waals surface area (Å²) in [4.78, 5) is 18.9. The van der Waals surface area contributed by atoms with E-state index in [0.29, 0.717) is 16.4 Å². The first-order valence-corrected chi connectivity index (χ1v) is 8.01. The lowest BCUT2D eigenvalue weighted by molar-refractivity contribution is 0.102. The fourth-order valence-electron chi connectivity index (χ4n) is 2.58. The van der Waals surface area contributed by atoms with Crippen molar-refractivity contribution >= 4 is 29.0 Å². The molecular formula is C17H19ClN4O. The van der Waals surface area contributed by atoms with E-state index in [-0.39, 0.29) is 5.91 Å². The third kappa shape index (κ3) is 3.63. The van der Waals surface area contributed by atoms with Gasteiger partial charge in [-0.2, -0.15) is 0 Å². The van der Waals surface area contributed by atoms with Crippen LogP contribution in [0.5, 0.6) is 0 Å². The third-order valence-electron chi connectivity index (χ3n) is 3.91. The van der Waals surface area contributed by atoms with Gasteiger partial charge in [0.25, 0.3) is 5.91 Å². The number of benzene rings is 1. The summed E-state index contributed by atoms with van der Waals surface area (Å²) in [6, 6.07) is 9.20. The molecule has 2 N–H and O–H groups in total. The summed E-state index contributed by atoms with van der Waals surface area (Å²) in [5, 5.41) is 6.58. The number of aryl methyl sites for hydroxylation is 1. The van der Waals surface area contributed by atoms with Gasteiger partial charge >= 0.3 is 0 Å². The maximum atomic E-state index is 12.3. The first kappa shape index (κ1) is 15.8. The van der Waals surface area contributed by atoms with Crippen LogP contribution in [-0.4, -0.2) is 37.1 Å². The highest BCUT2D eigenvalue weighted by molar-refractivity contribution is 6.35. The summed E-state index contributed by atoms with van der Waals surface area (Å²) in [5.41, 5.74) is 2.40. The van der Waals surface area contributed by atoms with Crippen LogP contribution in [0.1, 0.15) is 15.9 Å². The van der Waals surface area contributed by atoms with Crippen molar-refractivity contribution in [3.05, 3.63) is 52.7 Å². The van der Waals surface area contributed by atoms with Gasteiger partial charge in [-0.1, -0.05) is 23.7 Å². The molecule has 0 spiro atoms. The van der Waals surface area contributed by atoms with E-state index in [0.717, 1.165) is 37.4 Å². The number of amides is 1. The van der Waals surface area contributed by atoms with Crippen LogP contribution in [0.15, 0.2) is 36.5 Å². The van der Waals surface area contributed by atoms with Gasteiger partial charge in [-0.25, -0.2) is 4.98 Å². The molecule has 120 valence electrons. The van der Waals surface area contributed by atoms with E-state index in [1.165, 1.54) is 0 Å². The molecule has 5 nitrogen and oxygen atoms in total. The largest absolute Gasteiger partial charge is 0.368 e. The first-order valence-electron chi connectivity index (χ1n) is 7.63. The molecule has 6 heteroatoms. The molecule has 1 aromatic carbocycles. The number of carbonyl (C=O) groups is 1. The fourth-order valence-corrected chi connectivity index (χ4v) is 2.79. The molecule has 1 fully saturated rings. The number of piperazine rings is 1. The smallest absolute Gasteiger partial charge is 0.258 e. The molecule has 1 aromatic heterocycles. The number of pyridine rings is 1. The summed E-state index contributed by atoms with van der Waals surface area (Å²) in [5.74, 6) is 0.271. The lowest BCUT2D eigenvalue weighted by atomic mass is 10.1. The topological polar surface area (TPSA) is 57.3 Å². The molecule has 1 amide bonds. The number of carbonyl (C=O) groups excluding carboxylic acids is 1. The number of rotatable bonds is 3. The number of halogens is 1. The van der Waals surface area contributed by atoms with Gasteiger partial charge in [0, 0.05) is 26.2 Å². The van der Waals surface area contributed by atoms with E-state index in [4.69, 9.17) is 11.6 Å². The second-order valence-corrected chi connectivity index (χ2v) is 5.91. The number of nitrogens with one attached hydrogen (secondary N) is 2. The zero-order valence-corrected chi connectivity index (χ0v) is 13.7. The van der Waals surface area contributed by atoms with Gasteiger partial charge in [0.2, 0.25) is 0 Å². The van der Waals surface area contributed by atoms with Crippen LogP contribution < -0.4 is 15.5 Å². The van der Waals surface area contributed by atoms with E-state index >= 15 is 0 Å². The van der Waals surface area contributed by atoms with Crippen LogP contribution in [0.3, 0.4) is 0 Å². The van der Waals surface area contributed by atoms with E-state index in [2.05, 4.69) is 20.5 Å². The minimum absolute atomic E-state index is 0.249. The van der Waals surface area contributed by atoms with Crippen LogP contribution in [0, 0.1) is 6.92 Å². The van der Waals surface area contributed by atoms with E-state index in [9.17, 15) is 4.79 Å². The third-order valence-corrected chi connectivity index (χ3v) is 4.41. The molecule has 1 aliphatic heterocycles. The molecule has 1 saturated heterocycles. The number of hydrogen-bond acceptors (Lipinski definition) is 4. The Morgan fingerprint density at radius 3 is 2.74 bits per heavy atom. The van der Waals surface area contributed by atoms with Crippen molar-refractivity contribution in [3.63, 3.8) is 0 Å². The van der Waals surface area contributed by atoms with Gasteiger partial charge in [0.05, 0.1) is 22.5 Å². The quantitative estimate of drug-likeness (QED) is 0.908. The van der Waals surface area contributed by atoms with Crippen LogP contribution >= 0.6 is 11.6 Å². The molecule has 2 aromatic rings. The number of hydrogen-bond donors (Lipinski definition) is 2. The Labute approximate surface area is 140 Å². The highest BCUT2D eigenvalue weighted by atomic mass is 35.5. The minimum Gasteiger partial charge on any atom is -0.368 e. The Kier molecular flexibility index (Phi) is 4.79. The SMILES string of the molecule is Cc1cccc(C(=O)Nc2ccc(N3CCNCC3)cn2)c1Cl. The maximum absolute atomic E-state index is 12.3. The van der Waals surface area contributed by atoms with Crippen molar-refractivity contribution in [3.8, 4) is 0 Å². The van der Waals surface area contributed by atoms with Crippen LogP contribution in [-0.2, 0) is 0 Å². The van der Waals surface area contributed by atoms with Gasteiger partial charge in [-0.05, 0) is 30.7 Å². The van der Waals surface area contributed by atoms with Crippen LogP contribution in [0.2, 0.25) is 5.02 Å². The molecule has 0 bridgehead atoms. The van der Waals surface area contributed by atoms with E-state index in [1.54, 1.807) is 12.3 Å². The molecule has 0 radical (unpaired) electrons. The van der Waals surface area contributed by atoms with Crippen molar-refractivity contribution < 1.29 is 4.79 Å². The van der Waals surface area contributed by atoms with Crippen LogP contribution in [0.25, 0.3) is 0 Å². The van der Waals surface area contributed by atoms with Gasteiger partial charge in [0.15, 0.2) is 0 Å². The number of aromatic nitrogens is 1. The Morgan fingerprint density at radius 1 is 1.26 bits per heavy atom. The molecule has 2 heterocycles. The summed E-state index contributed by atoms with van der Waals surface area (Å²) in [7, 11) is 0. The standard InChI is InChI=1S/C17H19ClN4O/c1-12-3-2-4-14(16(12)18)17(23)21-15-6-5-13(11-20-15)22-9-7-19-8-10-22/h2-6,11,19H,7-10H2,1H3,(H,20,21,23). The lowest BCUT2D eigenvalue weighted by Crippen LogP contribution is -2.43. The van der Waals surface area contributed by atoms with Crippen molar-refractivity contribution in [1.29, 1.82) is 0 Å². The highest BCUT2D eigenvalue weighted by Gasteiger charge is 2.14. The van der Waals surface area contributed by atoms with Crippen LogP contribution in [0.4, 0.5) is 11.5 Å². The average molecular weight is 331 g/mol. The Balaban J connectivity index is 1.70. The fraction of sp³-hybridized carbons (Fsp3) is 0.294. The van der Waals surface area contributed by atoms with Gasteiger partial charge < -0.3 is 15.5 Å². The Bertz CT molecular complexity index is 696. The Hall–Kier alpha value is -2.11. The van der Waals surface area contributed by atoms with Crippen molar-refractivity contribution in [2.24, 2.45) is 0 Å². The normalized spacial score (nSPS) is 14.6. The second-order valence-electron chi connectivity index (χ2n) is 5.53. The van der Waals surface area contributed by atoms with E-state index in [1.807, 2.05) is 31.2 Å². The molecular weight excluding hydrogens is 312 g/mol. The molecule has 0 atom stereocenters. The zero-order valence-electron chi connectivity index (χ0n) is 13.0. The molecule has 1 aliphatic rings. The predicted molar refractivity (Wildman–Crippen MR) is 93.5 cm³/mol. The number of anilines is 2. The highest BCUT2D eigenvalue weighted by Crippen LogP contribution is 2.22. The van der Waals surface area contributed by atoms with E-state index < -0.39 is 0 Å². The summed E-state index contributed by atoms with van der Waals surface area (Å²) in [6.07, 6.45) is 1.79. The Morgan fingerprint density at radius 2 is 2.04 bits per heavy atom. The minimum atomic E-state index is -0.249. The first-order chi connectivity index (χ1) is 11.1. The second kappa shape index (κ2) is 6.98. The summed E-state index contributed by atoms with van der Waals surface area (Å²) >= 11 is 6.19. The molecule has 0 unspecified atom stereocenters. The molecule has 0 aliphatic carbocycles. The molecule has 23 heavy (non-hydrogen) atoms. The van der Waals surface area contributed by atoms with Gasteiger partial charge in [-0.15, -0.1) is 0 Å². The van der Waals surface area contributed by atoms with Crippen molar-refractivity contribution in [1.82, 2.24) is 10.3 Å². The van der Waals surface area contributed by atoms with Gasteiger partial charge in [-0.3, -0.25) is 4.79 Å². The summed E-state index contributed by atoms with van der Waals surface area (Å²) < 4.78 is 0. The van der Waals surface area contributed by atoms with Crippen molar-refractivity contribution in [2.75, 3.05) is 36.4 Å². The van der Waals surface area contributed by atoms with Gasteiger partial charge in [0.1, 0.15) is 5.82 Å². The lowest BCUT2D eigenvalue weighted by Gasteiger charge is -2.29.